The number of benzene rings is 8. The summed E-state index contributed by atoms with van der Waals surface area (Å²) in [5.74, 6) is 1.56. The first-order chi connectivity index (χ1) is 25.2. The maximum atomic E-state index is 6.55. The van der Waals surface area contributed by atoms with Gasteiger partial charge in [0.25, 0.3) is 0 Å². The molecule has 0 saturated carbocycles. The van der Waals surface area contributed by atoms with Gasteiger partial charge in [-0.3, -0.25) is 0 Å². The minimum absolute atomic E-state index is 0.513. The van der Waals surface area contributed by atoms with Crippen LogP contribution in [-0.2, 0) is 0 Å². The molecule has 4 nitrogen and oxygen atoms in total. The maximum Gasteiger partial charge on any atom is 0.170 e. The summed E-state index contributed by atoms with van der Waals surface area (Å²) in [6, 6.07) is 61.7. The summed E-state index contributed by atoms with van der Waals surface area (Å²) in [5, 5.41) is 10.5. The zero-order valence-electron chi connectivity index (χ0n) is 27.6. The summed E-state index contributed by atoms with van der Waals surface area (Å²) in [6.07, 6.45) is -0.513. The molecule has 10 rings (SSSR count). The third-order valence-corrected chi connectivity index (χ3v) is 9.92. The highest BCUT2D eigenvalue weighted by molar-refractivity contribution is 6.17. The zero-order chi connectivity index (χ0) is 33.7. The molecule has 0 spiro atoms. The van der Waals surface area contributed by atoms with Crippen LogP contribution in [0.1, 0.15) is 22.9 Å². The molecular weight excluding hydrogens is 623 g/mol. The first-order valence-electron chi connectivity index (χ1n) is 17.3. The quantitative estimate of drug-likeness (QED) is 0.201. The molecule has 0 fully saturated rings. The summed E-state index contributed by atoms with van der Waals surface area (Å²) < 4.78 is 6.55. The Kier molecular flexibility index (Phi) is 6.85. The highest BCUT2D eigenvalue weighted by atomic mass is 16.3. The lowest BCUT2D eigenvalue weighted by Gasteiger charge is -2.23. The molecule has 51 heavy (non-hydrogen) atoms. The zero-order valence-corrected chi connectivity index (χ0v) is 27.6. The van der Waals surface area contributed by atoms with Crippen molar-refractivity contribution in [1.29, 1.82) is 0 Å². The third kappa shape index (κ3) is 5.17. The van der Waals surface area contributed by atoms with Crippen LogP contribution in [0.25, 0.3) is 65.7 Å². The van der Waals surface area contributed by atoms with Gasteiger partial charge in [0.05, 0.1) is 0 Å². The molecule has 1 atom stereocenters. The third-order valence-electron chi connectivity index (χ3n) is 9.92. The van der Waals surface area contributed by atoms with Gasteiger partial charge >= 0.3 is 0 Å². The Morgan fingerprint density at radius 2 is 1.06 bits per heavy atom. The van der Waals surface area contributed by atoms with Crippen LogP contribution in [0.3, 0.4) is 0 Å². The van der Waals surface area contributed by atoms with Crippen LogP contribution in [0.15, 0.2) is 190 Å². The van der Waals surface area contributed by atoms with Crippen LogP contribution in [-0.4, -0.2) is 11.7 Å². The van der Waals surface area contributed by atoms with Gasteiger partial charge in [0.2, 0.25) is 0 Å². The minimum Gasteiger partial charge on any atom is -0.456 e. The number of aliphatic imine (C=N–C) groups is 2. The van der Waals surface area contributed by atoms with Crippen molar-refractivity contribution in [3.63, 3.8) is 0 Å². The van der Waals surface area contributed by atoms with E-state index >= 15 is 0 Å². The van der Waals surface area contributed by atoms with Crippen LogP contribution in [0.5, 0.6) is 0 Å². The van der Waals surface area contributed by atoms with Crippen molar-refractivity contribution in [2.75, 3.05) is 0 Å². The highest BCUT2D eigenvalue weighted by Crippen LogP contribution is 2.40. The van der Waals surface area contributed by atoms with E-state index in [4.69, 9.17) is 14.4 Å². The van der Waals surface area contributed by atoms with Crippen LogP contribution in [0.4, 0.5) is 0 Å². The molecule has 240 valence electrons. The standard InChI is InChI=1S/C47H31N3O/c1-2-13-34(14-3-1)45-48-46(36-26-23-30-11-4-5-15-35(30)27-36)50-47(49-45)41-28-37(29-43-44(41)40-18-8-9-20-42(40)51-43)31-21-24-33(25-22-31)39-19-10-16-32-12-6-7-17-38(32)39/h1-29,47H,(H,48,49,50). The molecule has 0 amide bonds. The molecule has 4 heteroatoms. The second kappa shape index (κ2) is 12.0. The second-order valence-corrected chi connectivity index (χ2v) is 13.0. The Bertz CT molecular complexity index is 2820. The van der Waals surface area contributed by atoms with Crippen molar-refractivity contribution >= 4 is 55.2 Å². The van der Waals surface area contributed by atoms with E-state index in [-0.39, 0.29) is 0 Å². The largest absolute Gasteiger partial charge is 0.456 e. The molecule has 1 aliphatic heterocycles. The first-order valence-corrected chi connectivity index (χ1v) is 17.3. The minimum atomic E-state index is -0.513. The number of amidine groups is 2. The number of hydrogen-bond donors (Lipinski definition) is 1. The van der Waals surface area contributed by atoms with E-state index in [1.807, 2.05) is 30.3 Å². The molecule has 1 aromatic heterocycles. The average molecular weight is 654 g/mol. The number of hydrogen-bond acceptors (Lipinski definition) is 4. The lowest BCUT2D eigenvalue weighted by atomic mass is 9.94. The summed E-state index contributed by atoms with van der Waals surface area (Å²) in [6.45, 7) is 0. The van der Waals surface area contributed by atoms with Crippen molar-refractivity contribution in [1.82, 2.24) is 5.32 Å². The van der Waals surface area contributed by atoms with Gasteiger partial charge in [-0.25, -0.2) is 9.98 Å². The number of para-hydroxylation sites is 1. The van der Waals surface area contributed by atoms with Crippen LogP contribution in [0.2, 0.25) is 0 Å². The van der Waals surface area contributed by atoms with Gasteiger partial charge in [0, 0.05) is 27.5 Å². The summed E-state index contributed by atoms with van der Waals surface area (Å²) in [4.78, 5) is 10.6. The fourth-order valence-electron chi connectivity index (χ4n) is 7.39. The van der Waals surface area contributed by atoms with Gasteiger partial charge in [0.15, 0.2) is 6.17 Å². The molecule has 1 aliphatic rings. The van der Waals surface area contributed by atoms with Crippen molar-refractivity contribution in [3.8, 4) is 22.3 Å². The number of rotatable bonds is 5. The molecule has 2 heterocycles. The van der Waals surface area contributed by atoms with Crippen molar-refractivity contribution < 1.29 is 4.42 Å². The van der Waals surface area contributed by atoms with E-state index in [1.165, 1.54) is 27.3 Å². The Morgan fingerprint density at radius 1 is 0.412 bits per heavy atom. The molecule has 0 aliphatic carbocycles. The van der Waals surface area contributed by atoms with Crippen molar-refractivity contribution in [2.24, 2.45) is 9.98 Å². The number of fused-ring (bicyclic) bond motifs is 5. The van der Waals surface area contributed by atoms with E-state index in [1.54, 1.807) is 0 Å². The van der Waals surface area contributed by atoms with Gasteiger partial charge in [-0.1, -0.05) is 152 Å². The fraction of sp³-hybridized carbons (Fsp3) is 0.0213. The van der Waals surface area contributed by atoms with Crippen molar-refractivity contribution in [3.05, 3.63) is 193 Å². The number of furan rings is 1. The van der Waals surface area contributed by atoms with Gasteiger partial charge in [-0.15, -0.1) is 0 Å². The highest BCUT2D eigenvalue weighted by Gasteiger charge is 2.25. The van der Waals surface area contributed by atoms with Gasteiger partial charge in [0.1, 0.15) is 22.8 Å². The SMILES string of the molecule is c1ccc(C2=NC(c3cc(-c4ccc(-c5cccc6ccccc56)cc4)cc4oc5ccccc5c34)N=C(c3ccc4ccccc4c3)N2)cc1. The molecule has 8 aromatic carbocycles. The summed E-state index contributed by atoms with van der Waals surface area (Å²) in [7, 11) is 0. The van der Waals surface area contributed by atoms with E-state index in [2.05, 4.69) is 151 Å². The summed E-state index contributed by atoms with van der Waals surface area (Å²) in [5.41, 5.74) is 9.23. The van der Waals surface area contributed by atoms with Gasteiger partial charge < -0.3 is 9.73 Å². The first kappa shape index (κ1) is 29.2. The molecular formula is C47H31N3O. The predicted molar refractivity (Wildman–Crippen MR) is 211 cm³/mol. The fourth-order valence-corrected chi connectivity index (χ4v) is 7.39. The molecule has 0 bridgehead atoms. The molecule has 0 radical (unpaired) electrons. The molecule has 1 unspecified atom stereocenters. The maximum absolute atomic E-state index is 6.55. The van der Waals surface area contributed by atoms with Gasteiger partial charge in [-0.2, -0.15) is 0 Å². The van der Waals surface area contributed by atoms with Crippen LogP contribution >= 0.6 is 0 Å². The second-order valence-electron chi connectivity index (χ2n) is 13.0. The number of nitrogens with zero attached hydrogens (tertiary/aromatic N) is 2. The van der Waals surface area contributed by atoms with E-state index in [0.717, 1.165) is 66.8 Å². The topological polar surface area (TPSA) is 49.9 Å². The number of nitrogens with one attached hydrogen (secondary N) is 1. The summed E-state index contributed by atoms with van der Waals surface area (Å²) >= 11 is 0. The Morgan fingerprint density at radius 3 is 1.90 bits per heavy atom. The molecule has 1 N–H and O–H groups in total. The Balaban J connectivity index is 1.15. The average Bonchev–Trinajstić information content (AvgIpc) is 3.59. The Hall–Kier alpha value is -6.78. The van der Waals surface area contributed by atoms with Crippen LogP contribution < -0.4 is 5.32 Å². The monoisotopic (exact) mass is 653 g/mol. The molecule has 0 saturated heterocycles. The van der Waals surface area contributed by atoms with E-state index in [0.29, 0.717) is 0 Å². The lowest BCUT2D eigenvalue weighted by Crippen LogP contribution is -2.36. The predicted octanol–water partition coefficient (Wildman–Crippen LogP) is 11.7. The van der Waals surface area contributed by atoms with Crippen molar-refractivity contribution in [2.45, 2.75) is 6.17 Å². The van der Waals surface area contributed by atoms with E-state index < -0.39 is 6.17 Å². The smallest absolute Gasteiger partial charge is 0.170 e. The normalized spacial score (nSPS) is 14.5. The molecule has 9 aromatic rings. The van der Waals surface area contributed by atoms with E-state index in [9.17, 15) is 0 Å². The van der Waals surface area contributed by atoms with Crippen LogP contribution in [0, 0.1) is 0 Å². The van der Waals surface area contributed by atoms with Gasteiger partial charge in [-0.05, 0) is 68.1 Å². The lowest BCUT2D eigenvalue weighted by molar-refractivity contribution is 0.668. The Labute approximate surface area is 295 Å².